The first-order chi connectivity index (χ1) is 8.11. The van der Waals surface area contributed by atoms with Crippen molar-refractivity contribution in [3.63, 3.8) is 0 Å². The molecule has 3 heteroatoms. The zero-order chi connectivity index (χ0) is 12.3. The largest absolute Gasteiger partial charge is 0.359 e. The van der Waals surface area contributed by atoms with Crippen LogP contribution in [-0.4, -0.2) is 16.5 Å². The number of nitrogens with zero attached hydrogens (tertiary/aromatic N) is 1. The van der Waals surface area contributed by atoms with Crippen molar-refractivity contribution in [2.75, 3.05) is 5.75 Å². The van der Waals surface area contributed by atoms with Crippen LogP contribution in [0.2, 0.25) is 0 Å². The number of nitrogens with one attached hydrogen (secondary N) is 1. The van der Waals surface area contributed by atoms with Crippen molar-refractivity contribution in [3.05, 3.63) is 35.4 Å². The number of aryl methyl sites for hydroxylation is 1. The maximum atomic E-state index is 4.67. The van der Waals surface area contributed by atoms with E-state index in [9.17, 15) is 0 Å². The lowest BCUT2D eigenvalue weighted by Gasteiger charge is -2.15. The highest BCUT2D eigenvalue weighted by Gasteiger charge is 2.26. The van der Waals surface area contributed by atoms with Crippen LogP contribution in [-0.2, 0) is 13.0 Å². The smallest absolute Gasteiger partial charge is 0.157 e. The van der Waals surface area contributed by atoms with Gasteiger partial charge in [0.25, 0.3) is 0 Å². The highest BCUT2D eigenvalue weighted by molar-refractivity contribution is 8.14. The lowest BCUT2D eigenvalue weighted by molar-refractivity contribution is 0.536. The van der Waals surface area contributed by atoms with Gasteiger partial charge in [0.05, 0.1) is 6.54 Å². The standard InChI is InChI=1S/C14H20N2S/c1-4-11-7-5-6-8-12(11)9-15-13-16-14(2,3)10-17-13/h5-8H,4,9-10H2,1-3H3,(H,15,16). The van der Waals surface area contributed by atoms with Gasteiger partial charge < -0.3 is 5.32 Å². The lowest BCUT2D eigenvalue weighted by Crippen LogP contribution is -2.36. The molecule has 1 aliphatic rings. The van der Waals surface area contributed by atoms with Crippen LogP contribution >= 0.6 is 11.8 Å². The second-order valence-corrected chi connectivity index (χ2v) is 6.01. The first kappa shape index (κ1) is 12.5. The van der Waals surface area contributed by atoms with Gasteiger partial charge >= 0.3 is 0 Å². The van der Waals surface area contributed by atoms with E-state index in [0.717, 1.165) is 23.9 Å². The van der Waals surface area contributed by atoms with Crippen LogP contribution in [0.15, 0.2) is 29.3 Å². The molecule has 0 radical (unpaired) electrons. The van der Waals surface area contributed by atoms with Crippen LogP contribution in [0.4, 0.5) is 0 Å². The summed E-state index contributed by atoms with van der Waals surface area (Å²) in [4.78, 5) is 4.67. The Bertz CT molecular complexity index is 424. The second kappa shape index (κ2) is 5.13. The second-order valence-electron chi connectivity index (χ2n) is 5.04. The average Bonchev–Trinajstić information content (AvgIpc) is 2.67. The lowest BCUT2D eigenvalue weighted by atomic mass is 10.1. The Morgan fingerprint density at radius 2 is 2.00 bits per heavy atom. The van der Waals surface area contributed by atoms with Crippen molar-refractivity contribution in [2.45, 2.75) is 39.3 Å². The molecule has 0 spiro atoms. The molecule has 0 atom stereocenters. The Hall–Kier alpha value is -0.960. The minimum absolute atomic E-state index is 0.188. The van der Waals surface area contributed by atoms with Crippen molar-refractivity contribution in [1.82, 2.24) is 5.32 Å². The Morgan fingerprint density at radius 1 is 1.29 bits per heavy atom. The summed E-state index contributed by atoms with van der Waals surface area (Å²) < 4.78 is 0. The van der Waals surface area contributed by atoms with E-state index in [1.807, 2.05) is 11.8 Å². The summed E-state index contributed by atoms with van der Waals surface area (Å²) in [5.74, 6) is 1.10. The fourth-order valence-corrected chi connectivity index (χ4v) is 2.98. The third-order valence-corrected chi connectivity index (χ3v) is 4.28. The summed E-state index contributed by atoms with van der Waals surface area (Å²) in [6.45, 7) is 7.40. The molecule has 17 heavy (non-hydrogen) atoms. The number of hydrogen-bond acceptors (Lipinski definition) is 2. The molecule has 1 N–H and O–H groups in total. The zero-order valence-corrected chi connectivity index (χ0v) is 11.6. The van der Waals surface area contributed by atoms with Crippen LogP contribution in [0.3, 0.4) is 0 Å². The number of benzene rings is 1. The van der Waals surface area contributed by atoms with E-state index in [-0.39, 0.29) is 5.54 Å². The Morgan fingerprint density at radius 3 is 2.59 bits per heavy atom. The van der Waals surface area contributed by atoms with Crippen LogP contribution in [0.1, 0.15) is 31.9 Å². The monoisotopic (exact) mass is 248 g/mol. The van der Waals surface area contributed by atoms with Gasteiger partial charge in [-0.2, -0.15) is 0 Å². The third kappa shape index (κ3) is 3.25. The molecule has 1 aliphatic heterocycles. The molecule has 1 saturated heterocycles. The molecule has 1 aromatic carbocycles. The SMILES string of the molecule is CCc1ccccc1CN=C1NC(C)(C)CS1. The van der Waals surface area contributed by atoms with Gasteiger partial charge in [-0.1, -0.05) is 43.0 Å². The van der Waals surface area contributed by atoms with Gasteiger partial charge in [-0.3, -0.25) is 4.99 Å². The summed E-state index contributed by atoms with van der Waals surface area (Å²) in [5.41, 5.74) is 2.93. The van der Waals surface area contributed by atoms with Crippen molar-refractivity contribution in [2.24, 2.45) is 4.99 Å². The zero-order valence-electron chi connectivity index (χ0n) is 10.8. The molecular weight excluding hydrogens is 228 g/mol. The molecule has 0 bridgehead atoms. The number of rotatable bonds is 3. The Labute approximate surface area is 108 Å². The van der Waals surface area contributed by atoms with Gasteiger partial charge in [-0.15, -0.1) is 0 Å². The van der Waals surface area contributed by atoms with E-state index in [2.05, 4.69) is 55.3 Å². The quantitative estimate of drug-likeness (QED) is 0.888. The Kier molecular flexibility index (Phi) is 3.77. The van der Waals surface area contributed by atoms with Crippen LogP contribution < -0.4 is 5.32 Å². The summed E-state index contributed by atoms with van der Waals surface area (Å²) in [6.07, 6.45) is 1.08. The van der Waals surface area contributed by atoms with E-state index < -0.39 is 0 Å². The van der Waals surface area contributed by atoms with E-state index in [1.54, 1.807) is 0 Å². The van der Waals surface area contributed by atoms with Crippen LogP contribution in [0.5, 0.6) is 0 Å². The predicted octanol–water partition coefficient (Wildman–Crippen LogP) is 3.22. The molecule has 0 aromatic heterocycles. The van der Waals surface area contributed by atoms with Crippen molar-refractivity contribution >= 4 is 16.9 Å². The van der Waals surface area contributed by atoms with Gasteiger partial charge in [0.2, 0.25) is 0 Å². The first-order valence-electron chi connectivity index (χ1n) is 6.13. The number of thioether (sulfide) groups is 1. The highest BCUT2D eigenvalue weighted by atomic mass is 32.2. The van der Waals surface area contributed by atoms with E-state index >= 15 is 0 Å². The molecule has 1 fully saturated rings. The molecule has 1 heterocycles. The minimum atomic E-state index is 0.188. The van der Waals surface area contributed by atoms with Gasteiger partial charge in [0.15, 0.2) is 5.17 Å². The molecule has 0 unspecified atom stereocenters. The van der Waals surface area contributed by atoms with Gasteiger partial charge in [-0.05, 0) is 31.4 Å². The number of hydrogen-bond donors (Lipinski definition) is 1. The van der Waals surface area contributed by atoms with Gasteiger partial charge in [0.1, 0.15) is 0 Å². The normalized spacial score (nSPS) is 20.5. The summed E-state index contributed by atoms with van der Waals surface area (Å²) in [6, 6.07) is 8.55. The minimum Gasteiger partial charge on any atom is -0.359 e. The average molecular weight is 248 g/mol. The molecule has 2 nitrogen and oxygen atoms in total. The van der Waals surface area contributed by atoms with E-state index in [1.165, 1.54) is 11.1 Å². The van der Waals surface area contributed by atoms with Crippen molar-refractivity contribution in [3.8, 4) is 0 Å². The molecule has 92 valence electrons. The molecule has 2 rings (SSSR count). The number of aliphatic imine (C=N–C) groups is 1. The van der Waals surface area contributed by atoms with E-state index in [4.69, 9.17) is 0 Å². The molecule has 0 aliphatic carbocycles. The topological polar surface area (TPSA) is 24.4 Å². The first-order valence-corrected chi connectivity index (χ1v) is 7.11. The molecular formula is C14H20N2S. The Balaban J connectivity index is 2.05. The summed E-state index contributed by atoms with van der Waals surface area (Å²) in [7, 11) is 0. The predicted molar refractivity (Wildman–Crippen MR) is 76.6 cm³/mol. The van der Waals surface area contributed by atoms with E-state index in [0.29, 0.717) is 0 Å². The van der Waals surface area contributed by atoms with Crippen LogP contribution in [0, 0.1) is 0 Å². The van der Waals surface area contributed by atoms with Crippen molar-refractivity contribution < 1.29 is 0 Å². The fourth-order valence-electron chi connectivity index (χ4n) is 1.91. The maximum Gasteiger partial charge on any atom is 0.157 e. The molecule has 1 aromatic rings. The molecule has 0 amide bonds. The molecule has 0 saturated carbocycles. The number of amidine groups is 1. The van der Waals surface area contributed by atoms with Gasteiger partial charge in [0, 0.05) is 11.3 Å². The van der Waals surface area contributed by atoms with Crippen LogP contribution in [0.25, 0.3) is 0 Å². The van der Waals surface area contributed by atoms with Gasteiger partial charge in [-0.25, -0.2) is 0 Å². The fraction of sp³-hybridized carbons (Fsp3) is 0.500. The summed E-state index contributed by atoms with van der Waals surface area (Å²) >= 11 is 1.82. The van der Waals surface area contributed by atoms with Crippen molar-refractivity contribution in [1.29, 1.82) is 0 Å². The summed E-state index contributed by atoms with van der Waals surface area (Å²) in [5, 5.41) is 4.54. The maximum absolute atomic E-state index is 4.67. The third-order valence-electron chi connectivity index (χ3n) is 2.91. The highest BCUT2D eigenvalue weighted by Crippen LogP contribution is 2.22.